The zero-order valence-corrected chi connectivity index (χ0v) is 11.9. The number of phenols is 2. The summed E-state index contributed by atoms with van der Waals surface area (Å²) >= 11 is 0. The predicted octanol–water partition coefficient (Wildman–Crippen LogP) is 3.21. The van der Waals surface area contributed by atoms with Gasteiger partial charge in [0.05, 0.1) is 11.7 Å². The maximum absolute atomic E-state index is 12.1. The molecule has 2 aromatic carbocycles. The van der Waals surface area contributed by atoms with E-state index < -0.39 is 6.10 Å². The Balaban J connectivity index is 2.39. The number of rotatable bonds is 2. The molecule has 0 heterocycles. The topological polar surface area (TPSA) is 77.8 Å². The highest BCUT2D eigenvalue weighted by molar-refractivity contribution is 6.08. The molecule has 0 spiro atoms. The molecule has 2 aromatic rings. The summed E-state index contributed by atoms with van der Waals surface area (Å²) in [7, 11) is 0. The number of hydrogen-bond donors (Lipinski definition) is 3. The maximum atomic E-state index is 12.1. The summed E-state index contributed by atoms with van der Waals surface area (Å²) in [6, 6.07) is 4.90. The zero-order valence-electron chi connectivity index (χ0n) is 11.9. The van der Waals surface area contributed by atoms with Gasteiger partial charge in [-0.15, -0.1) is 0 Å². The molecular weight excluding hydrogens is 268 g/mol. The van der Waals surface area contributed by atoms with Crippen LogP contribution in [-0.4, -0.2) is 21.1 Å². The number of carbonyl (C=O) groups is 1. The third-order valence-corrected chi connectivity index (χ3v) is 4.11. The summed E-state index contributed by atoms with van der Waals surface area (Å²) in [5.41, 5.74) is 1.52. The molecule has 4 heteroatoms. The average Bonchev–Trinajstić information content (AvgIpc) is 2.42. The first-order valence-corrected chi connectivity index (χ1v) is 7.25. The van der Waals surface area contributed by atoms with Gasteiger partial charge >= 0.3 is 0 Å². The molecule has 3 N–H and O–H groups in total. The number of aliphatic hydroxyl groups is 1. The number of ketones is 1. The minimum atomic E-state index is -0.745. The first kappa shape index (κ1) is 13.9. The van der Waals surface area contributed by atoms with Gasteiger partial charge in [-0.2, -0.15) is 0 Å². The monoisotopic (exact) mass is 286 g/mol. The number of aromatic hydroxyl groups is 2. The molecule has 3 rings (SSSR count). The first-order valence-electron chi connectivity index (χ1n) is 7.25. The molecule has 1 atom stereocenters. The van der Waals surface area contributed by atoms with Crippen LogP contribution in [0.1, 0.15) is 53.8 Å². The van der Waals surface area contributed by atoms with E-state index in [0.717, 1.165) is 12.0 Å². The summed E-state index contributed by atoms with van der Waals surface area (Å²) in [4.78, 5) is 12.1. The van der Waals surface area contributed by atoms with Gasteiger partial charge in [-0.1, -0.05) is 13.3 Å². The Labute approximate surface area is 122 Å². The molecule has 0 saturated carbocycles. The van der Waals surface area contributed by atoms with E-state index in [0.29, 0.717) is 29.2 Å². The van der Waals surface area contributed by atoms with Crippen LogP contribution in [0.2, 0.25) is 0 Å². The van der Waals surface area contributed by atoms with E-state index in [9.17, 15) is 20.1 Å². The molecule has 110 valence electrons. The highest BCUT2D eigenvalue weighted by Crippen LogP contribution is 2.42. The second kappa shape index (κ2) is 5.04. The Kier molecular flexibility index (Phi) is 3.33. The van der Waals surface area contributed by atoms with Gasteiger partial charge in [0.2, 0.25) is 0 Å². The van der Waals surface area contributed by atoms with Crippen LogP contribution in [0.3, 0.4) is 0 Å². The van der Waals surface area contributed by atoms with Crippen LogP contribution >= 0.6 is 0 Å². The minimum Gasteiger partial charge on any atom is -0.508 e. The van der Waals surface area contributed by atoms with Crippen molar-refractivity contribution in [2.75, 3.05) is 0 Å². The normalized spacial score (nSPS) is 18.0. The Morgan fingerprint density at radius 3 is 2.71 bits per heavy atom. The molecule has 0 aromatic heterocycles. The highest BCUT2D eigenvalue weighted by Gasteiger charge is 2.29. The van der Waals surface area contributed by atoms with Crippen molar-refractivity contribution in [1.29, 1.82) is 0 Å². The SMILES string of the molecule is CCCc1cc(O)cc2cc3c(c(O)c12)C(=O)CC[C@@H]3O. The van der Waals surface area contributed by atoms with Crippen molar-refractivity contribution in [1.82, 2.24) is 0 Å². The number of Topliss-reactive ketones (excluding diaryl/α,β-unsaturated/α-hetero) is 1. The lowest BCUT2D eigenvalue weighted by atomic mass is 9.84. The fourth-order valence-electron chi connectivity index (χ4n) is 3.18. The van der Waals surface area contributed by atoms with Crippen LogP contribution in [0.25, 0.3) is 10.8 Å². The van der Waals surface area contributed by atoms with Crippen LogP contribution in [0.15, 0.2) is 18.2 Å². The number of aliphatic hydroxyl groups excluding tert-OH is 1. The summed E-state index contributed by atoms with van der Waals surface area (Å²) in [5.74, 6) is -0.0677. The molecule has 0 amide bonds. The third kappa shape index (κ3) is 2.16. The molecular formula is C17H18O4. The summed E-state index contributed by atoms with van der Waals surface area (Å²) in [6.45, 7) is 2.01. The number of fused-ring (bicyclic) bond motifs is 2. The van der Waals surface area contributed by atoms with E-state index in [4.69, 9.17) is 0 Å². The first-order chi connectivity index (χ1) is 10.0. The van der Waals surface area contributed by atoms with Crippen LogP contribution in [0.4, 0.5) is 0 Å². The predicted molar refractivity (Wildman–Crippen MR) is 79.8 cm³/mol. The fourth-order valence-corrected chi connectivity index (χ4v) is 3.18. The molecule has 4 nitrogen and oxygen atoms in total. The van der Waals surface area contributed by atoms with Crippen LogP contribution < -0.4 is 0 Å². The molecule has 1 aliphatic carbocycles. The number of hydrogen-bond acceptors (Lipinski definition) is 4. The van der Waals surface area contributed by atoms with Gasteiger partial charge in [0.15, 0.2) is 5.78 Å². The van der Waals surface area contributed by atoms with E-state index in [2.05, 4.69) is 0 Å². The molecule has 0 radical (unpaired) electrons. The lowest BCUT2D eigenvalue weighted by molar-refractivity contribution is 0.0893. The Bertz CT molecular complexity index is 733. The largest absolute Gasteiger partial charge is 0.508 e. The van der Waals surface area contributed by atoms with E-state index in [1.165, 1.54) is 0 Å². The maximum Gasteiger partial charge on any atom is 0.167 e. The smallest absolute Gasteiger partial charge is 0.167 e. The van der Waals surface area contributed by atoms with E-state index in [-0.39, 0.29) is 29.3 Å². The van der Waals surface area contributed by atoms with Crippen molar-refractivity contribution in [2.45, 2.75) is 38.7 Å². The summed E-state index contributed by atoms with van der Waals surface area (Å²) in [6.07, 6.45) is 1.44. The number of phenolic OH excluding ortho intramolecular Hbond substituents is 2. The van der Waals surface area contributed by atoms with Gasteiger partial charge in [0.25, 0.3) is 0 Å². The van der Waals surface area contributed by atoms with Gasteiger partial charge in [0, 0.05) is 11.8 Å². The minimum absolute atomic E-state index is 0.0605. The Hall–Kier alpha value is -2.07. The summed E-state index contributed by atoms with van der Waals surface area (Å²) < 4.78 is 0. The second-order valence-electron chi connectivity index (χ2n) is 5.62. The second-order valence-corrected chi connectivity index (χ2v) is 5.62. The molecule has 0 unspecified atom stereocenters. The lowest BCUT2D eigenvalue weighted by Crippen LogP contribution is -2.16. The van der Waals surface area contributed by atoms with Crippen molar-refractivity contribution in [3.8, 4) is 11.5 Å². The van der Waals surface area contributed by atoms with Crippen molar-refractivity contribution in [3.05, 3.63) is 34.9 Å². The molecule has 0 fully saturated rings. The van der Waals surface area contributed by atoms with Gasteiger partial charge in [-0.3, -0.25) is 4.79 Å². The van der Waals surface area contributed by atoms with Crippen molar-refractivity contribution < 1.29 is 20.1 Å². The van der Waals surface area contributed by atoms with Crippen LogP contribution in [0.5, 0.6) is 11.5 Å². The van der Waals surface area contributed by atoms with Crippen molar-refractivity contribution >= 4 is 16.6 Å². The molecule has 0 aliphatic heterocycles. The van der Waals surface area contributed by atoms with Gasteiger partial charge in [-0.25, -0.2) is 0 Å². The molecule has 21 heavy (non-hydrogen) atoms. The zero-order chi connectivity index (χ0) is 15.1. The van der Waals surface area contributed by atoms with Crippen molar-refractivity contribution in [2.24, 2.45) is 0 Å². The van der Waals surface area contributed by atoms with Crippen LogP contribution in [0, 0.1) is 0 Å². The standard InChI is InChI=1S/C17H18O4/c1-2-3-9-6-11(18)7-10-8-12-13(19)4-5-14(20)16(12)17(21)15(9)10/h6-8,13,18-19,21H,2-5H2,1H3/t13-/m0/s1. The fraction of sp³-hybridized carbons (Fsp3) is 0.353. The van der Waals surface area contributed by atoms with E-state index in [1.807, 2.05) is 6.92 Å². The Morgan fingerprint density at radius 1 is 1.24 bits per heavy atom. The van der Waals surface area contributed by atoms with E-state index >= 15 is 0 Å². The van der Waals surface area contributed by atoms with Gasteiger partial charge in [0.1, 0.15) is 11.5 Å². The lowest BCUT2D eigenvalue weighted by Gasteiger charge is -2.23. The number of carbonyl (C=O) groups excluding carboxylic acids is 1. The number of aryl methyl sites for hydroxylation is 1. The quantitative estimate of drug-likeness (QED) is 0.792. The van der Waals surface area contributed by atoms with Gasteiger partial charge < -0.3 is 15.3 Å². The molecule has 0 bridgehead atoms. The van der Waals surface area contributed by atoms with Gasteiger partial charge in [-0.05, 0) is 47.6 Å². The number of benzene rings is 2. The van der Waals surface area contributed by atoms with E-state index in [1.54, 1.807) is 18.2 Å². The van der Waals surface area contributed by atoms with Crippen LogP contribution in [-0.2, 0) is 6.42 Å². The van der Waals surface area contributed by atoms with Crippen molar-refractivity contribution in [3.63, 3.8) is 0 Å². The third-order valence-electron chi connectivity index (χ3n) is 4.11. The average molecular weight is 286 g/mol. The molecule has 0 saturated heterocycles. The highest BCUT2D eigenvalue weighted by atomic mass is 16.3. The Morgan fingerprint density at radius 2 is 2.00 bits per heavy atom. The molecule has 1 aliphatic rings. The summed E-state index contributed by atoms with van der Waals surface area (Å²) in [5, 5.41) is 31.8.